The first-order chi connectivity index (χ1) is 11.5. The summed E-state index contributed by atoms with van der Waals surface area (Å²) in [6.45, 7) is 7.94. The van der Waals surface area contributed by atoms with Gasteiger partial charge in [-0.15, -0.1) is 12.4 Å². The molecule has 2 unspecified atom stereocenters. The van der Waals surface area contributed by atoms with Gasteiger partial charge in [-0.3, -0.25) is 4.79 Å². The van der Waals surface area contributed by atoms with Crippen molar-refractivity contribution in [1.82, 2.24) is 4.72 Å². The van der Waals surface area contributed by atoms with E-state index in [0.717, 1.165) is 0 Å². The molecular formula is C17H28ClN3O4S. The first-order valence-corrected chi connectivity index (χ1v) is 9.74. The Hall–Kier alpha value is -1.19. The third-order valence-electron chi connectivity index (χ3n) is 5.33. The number of carbonyl (C=O) groups excluding carboxylic acids is 1. The summed E-state index contributed by atoms with van der Waals surface area (Å²) < 4.78 is 32.1. The molecule has 2 atom stereocenters. The van der Waals surface area contributed by atoms with E-state index in [0.29, 0.717) is 24.3 Å². The van der Waals surface area contributed by atoms with Crippen LogP contribution in [0.15, 0.2) is 23.1 Å². The van der Waals surface area contributed by atoms with Gasteiger partial charge in [-0.1, -0.05) is 19.9 Å². The number of nitrogens with one attached hydrogen (secondary N) is 2. The van der Waals surface area contributed by atoms with Crippen LogP contribution in [0.25, 0.3) is 0 Å². The van der Waals surface area contributed by atoms with Gasteiger partial charge in [0.25, 0.3) is 0 Å². The first-order valence-electron chi connectivity index (χ1n) is 8.26. The molecule has 0 saturated heterocycles. The quantitative estimate of drug-likeness (QED) is 0.668. The van der Waals surface area contributed by atoms with Crippen molar-refractivity contribution >= 4 is 34.0 Å². The van der Waals surface area contributed by atoms with E-state index >= 15 is 0 Å². The fourth-order valence-corrected chi connectivity index (χ4v) is 4.20. The fourth-order valence-electron chi connectivity index (χ4n) is 3.21. The second kappa shape index (κ2) is 7.82. The molecule has 0 heterocycles. The molecule has 7 nitrogen and oxygen atoms in total. The number of rotatable bonds is 6. The van der Waals surface area contributed by atoms with Gasteiger partial charge in [-0.2, -0.15) is 0 Å². The predicted octanol–water partition coefficient (Wildman–Crippen LogP) is 1.80. The highest BCUT2D eigenvalue weighted by Gasteiger charge is 2.62. The second-order valence-electron chi connectivity index (χ2n) is 6.93. The lowest BCUT2D eigenvalue weighted by atomic mass is 9.54. The Bertz CT molecular complexity index is 782. The van der Waals surface area contributed by atoms with E-state index in [4.69, 9.17) is 10.5 Å². The highest BCUT2D eigenvalue weighted by atomic mass is 35.5. The van der Waals surface area contributed by atoms with E-state index in [1.54, 1.807) is 19.1 Å². The summed E-state index contributed by atoms with van der Waals surface area (Å²) >= 11 is 0. The van der Waals surface area contributed by atoms with Crippen LogP contribution in [0.1, 0.15) is 32.8 Å². The van der Waals surface area contributed by atoms with Crippen LogP contribution in [-0.2, 0) is 19.6 Å². The maximum atomic E-state index is 12.8. The summed E-state index contributed by atoms with van der Waals surface area (Å²) in [4.78, 5) is 12.9. The van der Waals surface area contributed by atoms with Crippen molar-refractivity contribution in [2.24, 2.45) is 11.1 Å². The average molecular weight is 406 g/mol. The zero-order chi connectivity index (χ0) is 19.0. The molecule has 2 rings (SSSR count). The van der Waals surface area contributed by atoms with Crippen LogP contribution in [0.4, 0.5) is 5.69 Å². The van der Waals surface area contributed by atoms with E-state index in [1.165, 1.54) is 13.1 Å². The lowest BCUT2D eigenvalue weighted by Crippen LogP contribution is -2.74. The SMILES string of the molecule is CCOC1CC(N)(C(=O)Nc2cccc(S(=O)(=O)NC)c2C)C1(C)C.Cl. The van der Waals surface area contributed by atoms with Crippen LogP contribution in [0.2, 0.25) is 0 Å². The lowest BCUT2D eigenvalue weighted by molar-refractivity contribution is -0.166. The Morgan fingerprint density at radius 3 is 2.50 bits per heavy atom. The number of nitrogens with two attached hydrogens (primary N) is 1. The summed E-state index contributed by atoms with van der Waals surface area (Å²) in [6.07, 6.45) is 0.345. The predicted molar refractivity (Wildman–Crippen MR) is 104 cm³/mol. The van der Waals surface area contributed by atoms with Crippen molar-refractivity contribution < 1.29 is 17.9 Å². The summed E-state index contributed by atoms with van der Waals surface area (Å²) in [5.74, 6) is -0.337. The number of anilines is 1. The molecule has 1 fully saturated rings. The molecule has 0 bridgehead atoms. The molecule has 0 aliphatic heterocycles. The number of amides is 1. The number of sulfonamides is 1. The number of carbonyl (C=O) groups is 1. The Labute approximate surface area is 161 Å². The van der Waals surface area contributed by atoms with Crippen molar-refractivity contribution in [1.29, 1.82) is 0 Å². The molecule has 4 N–H and O–H groups in total. The van der Waals surface area contributed by atoms with Crippen LogP contribution >= 0.6 is 12.4 Å². The molecule has 0 radical (unpaired) electrons. The largest absolute Gasteiger partial charge is 0.378 e. The van der Waals surface area contributed by atoms with Crippen LogP contribution in [0.3, 0.4) is 0 Å². The zero-order valence-corrected chi connectivity index (χ0v) is 17.4. The maximum Gasteiger partial charge on any atom is 0.245 e. The normalized spacial score (nSPS) is 24.3. The maximum absolute atomic E-state index is 12.8. The average Bonchev–Trinajstić information content (AvgIpc) is 2.56. The smallest absolute Gasteiger partial charge is 0.245 e. The van der Waals surface area contributed by atoms with Crippen molar-refractivity contribution in [2.75, 3.05) is 19.0 Å². The number of benzene rings is 1. The van der Waals surface area contributed by atoms with E-state index in [1.807, 2.05) is 20.8 Å². The van der Waals surface area contributed by atoms with E-state index < -0.39 is 21.0 Å². The lowest BCUT2D eigenvalue weighted by Gasteiger charge is -2.57. The summed E-state index contributed by atoms with van der Waals surface area (Å²) in [5.41, 5.74) is 5.68. The van der Waals surface area contributed by atoms with Crippen molar-refractivity contribution in [3.63, 3.8) is 0 Å². The monoisotopic (exact) mass is 405 g/mol. The second-order valence-corrected chi connectivity index (χ2v) is 8.79. The van der Waals surface area contributed by atoms with Crippen LogP contribution < -0.4 is 15.8 Å². The van der Waals surface area contributed by atoms with Crippen molar-refractivity contribution in [2.45, 2.75) is 50.7 Å². The van der Waals surface area contributed by atoms with Crippen LogP contribution in [-0.4, -0.2) is 39.6 Å². The van der Waals surface area contributed by atoms with E-state index in [-0.39, 0.29) is 29.3 Å². The first kappa shape index (κ1) is 22.9. The zero-order valence-electron chi connectivity index (χ0n) is 15.8. The number of ether oxygens (including phenoxy) is 1. The molecule has 9 heteroatoms. The van der Waals surface area contributed by atoms with Gasteiger partial charge in [0.1, 0.15) is 5.54 Å². The molecule has 1 aromatic carbocycles. The Morgan fingerprint density at radius 1 is 1.38 bits per heavy atom. The molecule has 1 aliphatic carbocycles. The molecule has 0 aromatic heterocycles. The van der Waals surface area contributed by atoms with Gasteiger partial charge in [-0.05, 0) is 38.6 Å². The molecule has 148 valence electrons. The van der Waals surface area contributed by atoms with Gasteiger partial charge in [0.05, 0.1) is 11.0 Å². The standard InChI is InChI=1S/C17H27N3O4S.ClH/c1-6-24-14-10-17(18,16(14,3)4)15(21)20-12-8-7-9-13(11(12)2)25(22,23)19-5;/h7-9,14,19H,6,10,18H2,1-5H3,(H,20,21);1H. The molecule has 0 spiro atoms. The Kier molecular flexibility index (Phi) is 6.87. The highest BCUT2D eigenvalue weighted by molar-refractivity contribution is 7.89. The third-order valence-corrected chi connectivity index (χ3v) is 6.88. The van der Waals surface area contributed by atoms with Gasteiger partial charge in [0, 0.05) is 24.1 Å². The number of halogens is 1. The summed E-state index contributed by atoms with van der Waals surface area (Å²) in [5, 5.41) is 2.80. The number of hydrogen-bond donors (Lipinski definition) is 3. The minimum absolute atomic E-state index is 0. The van der Waals surface area contributed by atoms with Crippen LogP contribution in [0.5, 0.6) is 0 Å². The Balaban J connectivity index is 0.00000338. The molecule has 1 amide bonds. The number of hydrogen-bond acceptors (Lipinski definition) is 5. The third kappa shape index (κ3) is 3.61. The van der Waals surface area contributed by atoms with Gasteiger partial charge >= 0.3 is 0 Å². The topological polar surface area (TPSA) is 111 Å². The molecule has 1 saturated carbocycles. The Morgan fingerprint density at radius 2 is 2.00 bits per heavy atom. The van der Waals surface area contributed by atoms with Crippen molar-refractivity contribution in [3.8, 4) is 0 Å². The minimum atomic E-state index is -3.61. The van der Waals surface area contributed by atoms with Gasteiger partial charge in [0.15, 0.2) is 0 Å². The summed E-state index contributed by atoms with van der Waals surface area (Å²) in [7, 11) is -2.26. The van der Waals surface area contributed by atoms with Gasteiger partial charge < -0.3 is 15.8 Å². The van der Waals surface area contributed by atoms with Crippen LogP contribution in [0, 0.1) is 12.3 Å². The summed E-state index contributed by atoms with van der Waals surface area (Å²) in [6, 6.07) is 4.75. The van der Waals surface area contributed by atoms with Gasteiger partial charge in [-0.25, -0.2) is 13.1 Å². The molecule has 1 aliphatic rings. The minimum Gasteiger partial charge on any atom is -0.378 e. The van der Waals surface area contributed by atoms with Crippen molar-refractivity contribution in [3.05, 3.63) is 23.8 Å². The van der Waals surface area contributed by atoms with Gasteiger partial charge in [0.2, 0.25) is 15.9 Å². The highest BCUT2D eigenvalue weighted by Crippen LogP contribution is 2.50. The van der Waals surface area contributed by atoms with E-state index in [9.17, 15) is 13.2 Å². The fraction of sp³-hybridized carbons (Fsp3) is 0.588. The molecular weight excluding hydrogens is 378 g/mol. The van der Waals surface area contributed by atoms with E-state index in [2.05, 4.69) is 10.0 Å². The molecule has 26 heavy (non-hydrogen) atoms. The molecule has 1 aromatic rings.